The molecule has 0 aliphatic carbocycles. The molecule has 17 heavy (non-hydrogen) atoms. The first-order chi connectivity index (χ1) is 8.22. The normalized spacial score (nSPS) is 18.9. The summed E-state index contributed by atoms with van der Waals surface area (Å²) < 4.78 is 10.7. The lowest BCUT2D eigenvalue weighted by Gasteiger charge is -2.22. The van der Waals surface area contributed by atoms with Gasteiger partial charge in [-0.25, -0.2) is 0 Å². The number of hydrogen-bond donors (Lipinski definition) is 2. The summed E-state index contributed by atoms with van der Waals surface area (Å²) in [6.45, 7) is 5.02. The van der Waals surface area contributed by atoms with Crippen molar-refractivity contribution in [1.82, 2.24) is 10.6 Å². The third-order valence-corrected chi connectivity index (χ3v) is 2.96. The molecule has 0 aromatic heterocycles. The number of ether oxygens (including phenoxy) is 2. The first-order valence-electron chi connectivity index (χ1n) is 6.34. The van der Waals surface area contributed by atoms with E-state index in [-0.39, 0.29) is 12.0 Å². The zero-order valence-electron chi connectivity index (χ0n) is 10.8. The molecule has 1 unspecified atom stereocenters. The molecule has 1 aliphatic rings. The molecule has 5 nitrogen and oxygen atoms in total. The molecule has 1 atom stereocenters. The second kappa shape index (κ2) is 8.44. The van der Waals surface area contributed by atoms with E-state index in [0.29, 0.717) is 25.7 Å². The number of piperidine rings is 1. The second-order valence-corrected chi connectivity index (χ2v) is 4.42. The Hall–Kier alpha value is -0.650. The van der Waals surface area contributed by atoms with E-state index >= 15 is 0 Å². The van der Waals surface area contributed by atoms with Crippen LogP contribution in [0.2, 0.25) is 0 Å². The number of nitrogens with one attached hydrogen (secondary N) is 2. The molecular formula is C12H24N2O3. The standard InChI is InChI=1S/C12H24N2O3/c1-10(16-2)9-14-12(15)5-8-17-11-3-6-13-7-4-11/h10-11,13H,3-9H2,1-2H3,(H,14,15). The fourth-order valence-electron chi connectivity index (χ4n) is 1.71. The van der Waals surface area contributed by atoms with Crippen LogP contribution >= 0.6 is 0 Å². The first-order valence-corrected chi connectivity index (χ1v) is 6.34. The average molecular weight is 244 g/mol. The molecule has 5 heteroatoms. The molecule has 1 aliphatic heterocycles. The van der Waals surface area contributed by atoms with Crippen molar-refractivity contribution < 1.29 is 14.3 Å². The highest BCUT2D eigenvalue weighted by molar-refractivity contribution is 5.75. The van der Waals surface area contributed by atoms with Gasteiger partial charge in [0.25, 0.3) is 0 Å². The molecular weight excluding hydrogens is 220 g/mol. The van der Waals surface area contributed by atoms with Crippen molar-refractivity contribution in [1.29, 1.82) is 0 Å². The maximum atomic E-state index is 11.4. The Morgan fingerprint density at radius 3 is 2.82 bits per heavy atom. The van der Waals surface area contributed by atoms with Crippen LogP contribution in [0.4, 0.5) is 0 Å². The Bertz CT molecular complexity index is 218. The molecule has 1 saturated heterocycles. The summed E-state index contributed by atoms with van der Waals surface area (Å²) in [7, 11) is 1.64. The Morgan fingerprint density at radius 2 is 2.18 bits per heavy atom. The zero-order valence-corrected chi connectivity index (χ0v) is 10.8. The highest BCUT2D eigenvalue weighted by atomic mass is 16.5. The van der Waals surface area contributed by atoms with Crippen molar-refractivity contribution in [3.05, 3.63) is 0 Å². The van der Waals surface area contributed by atoms with E-state index in [4.69, 9.17) is 9.47 Å². The summed E-state index contributed by atoms with van der Waals surface area (Å²) in [6, 6.07) is 0. The van der Waals surface area contributed by atoms with Crippen LogP contribution in [0.3, 0.4) is 0 Å². The van der Waals surface area contributed by atoms with Gasteiger partial charge in [-0.15, -0.1) is 0 Å². The molecule has 1 rings (SSSR count). The van der Waals surface area contributed by atoms with Crippen molar-refractivity contribution in [2.45, 2.75) is 38.4 Å². The Kier molecular flexibility index (Phi) is 7.16. The molecule has 1 heterocycles. The van der Waals surface area contributed by atoms with Crippen molar-refractivity contribution in [2.24, 2.45) is 0 Å². The van der Waals surface area contributed by atoms with Gasteiger partial charge in [-0.3, -0.25) is 4.79 Å². The number of carbonyl (C=O) groups excluding carboxylic acids is 1. The summed E-state index contributed by atoms with van der Waals surface area (Å²) in [6.07, 6.45) is 2.90. The smallest absolute Gasteiger partial charge is 0.222 e. The molecule has 0 aromatic rings. The maximum absolute atomic E-state index is 11.4. The molecule has 0 bridgehead atoms. The Morgan fingerprint density at radius 1 is 1.47 bits per heavy atom. The first kappa shape index (κ1) is 14.4. The summed E-state index contributed by atoms with van der Waals surface area (Å²) in [5, 5.41) is 6.09. The van der Waals surface area contributed by atoms with Crippen molar-refractivity contribution in [2.75, 3.05) is 33.4 Å². The van der Waals surface area contributed by atoms with E-state index in [2.05, 4.69) is 10.6 Å². The molecule has 2 N–H and O–H groups in total. The molecule has 0 saturated carbocycles. The summed E-state index contributed by atoms with van der Waals surface area (Å²) in [4.78, 5) is 11.4. The van der Waals surface area contributed by atoms with Crippen molar-refractivity contribution in [3.8, 4) is 0 Å². The van der Waals surface area contributed by atoms with Crippen LogP contribution in [0.1, 0.15) is 26.2 Å². The third-order valence-electron chi connectivity index (χ3n) is 2.96. The third kappa shape index (κ3) is 6.61. The van der Waals surface area contributed by atoms with Crippen LogP contribution in [0.15, 0.2) is 0 Å². The molecule has 0 aromatic carbocycles. The van der Waals surface area contributed by atoms with Gasteiger partial charge in [-0.05, 0) is 32.9 Å². The van der Waals surface area contributed by atoms with E-state index in [1.54, 1.807) is 7.11 Å². The van der Waals surface area contributed by atoms with Crippen LogP contribution in [-0.2, 0) is 14.3 Å². The number of rotatable bonds is 7. The Labute approximate surface area is 103 Å². The van der Waals surface area contributed by atoms with Gasteiger partial charge in [-0.2, -0.15) is 0 Å². The van der Waals surface area contributed by atoms with Gasteiger partial charge in [0, 0.05) is 20.1 Å². The predicted octanol–water partition coefficient (Wildman–Crippen LogP) is 0.296. The predicted molar refractivity (Wildman–Crippen MR) is 65.9 cm³/mol. The van der Waals surface area contributed by atoms with Crippen molar-refractivity contribution >= 4 is 5.91 Å². The highest BCUT2D eigenvalue weighted by Gasteiger charge is 2.13. The minimum atomic E-state index is 0.0304. The molecule has 1 fully saturated rings. The van der Waals surface area contributed by atoms with E-state index in [1.165, 1.54) is 0 Å². The molecule has 0 spiro atoms. The zero-order chi connectivity index (χ0) is 12.5. The topological polar surface area (TPSA) is 59.6 Å². The molecule has 1 amide bonds. The number of carbonyl (C=O) groups is 1. The van der Waals surface area contributed by atoms with Gasteiger partial charge in [0.05, 0.1) is 18.8 Å². The quantitative estimate of drug-likeness (QED) is 0.676. The fraction of sp³-hybridized carbons (Fsp3) is 0.917. The van der Waals surface area contributed by atoms with E-state index < -0.39 is 0 Å². The van der Waals surface area contributed by atoms with Gasteiger partial charge in [0.2, 0.25) is 5.91 Å². The summed E-state index contributed by atoms with van der Waals surface area (Å²) in [5.74, 6) is 0.0304. The molecule has 100 valence electrons. The largest absolute Gasteiger partial charge is 0.380 e. The monoisotopic (exact) mass is 244 g/mol. The van der Waals surface area contributed by atoms with E-state index in [1.807, 2.05) is 6.92 Å². The van der Waals surface area contributed by atoms with Crippen LogP contribution in [-0.4, -0.2) is 51.5 Å². The number of amides is 1. The van der Waals surface area contributed by atoms with Crippen LogP contribution in [0.5, 0.6) is 0 Å². The number of hydrogen-bond acceptors (Lipinski definition) is 4. The van der Waals surface area contributed by atoms with Gasteiger partial charge in [0.15, 0.2) is 0 Å². The fourth-order valence-corrected chi connectivity index (χ4v) is 1.71. The lowest BCUT2D eigenvalue weighted by atomic mass is 10.1. The minimum absolute atomic E-state index is 0.0304. The van der Waals surface area contributed by atoms with Crippen LogP contribution in [0.25, 0.3) is 0 Å². The van der Waals surface area contributed by atoms with Gasteiger partial charge >= 0.3 is 0 Å². The van der Waals surface area contributed by atoms with Crippen LogP contribution < -0.4 is 10.6 Å². The minimum Gasteiger partial charge on any atom is -0.380 e. The highest BCUT2D eigenvalue weighted by Crippen LogP contribution is 2.07. The van der Waals surface area contributed by atoms with Crippen molar-refractivity contribution in [3.63, 3.8) is 0 Å². The summed E-state index contributed by atoms with van der Waals surface area (Å²) >= 11 is 0. The second-order valence-electron chi connectivity index (χ2n) is 4.42. The van der Waals surface area contributed by atoms with Gasteiger partial charge in [0.1, 0.15) is 0 Å². The SMILES string of the molecule is COC(C)CNC(=O)CCOC1CCNCC1. The van der Waals surface area contributed by atoms with Gasteiger partial charge < -0.3 is 20.1 Å². The van der Waals surface area contributed by atoms with Crippen LogP contribution in [0, 0.1) is 0 Å². The summed E-state index contributed by atoms with van der Waals surface area (Å²) in [5.41, 5.74) is 0. The average Bonchev–Trinajstić information content (AvgIpc) is 2.37. The Balaban J connectivity index is 1.99. The van der Waals surface area contributed by atoms with Gasteiger partial charge in [-0.1, -0.05) is 0 Å². The lowest BCUT2D eigenvalue weighted by Crippen LogP contribution is -2.34. The molecule has 0 radical (unpaired) electrons. The number of methoxy groups -OCH3 is 1. The van der Waals surface area contributed by atoms with E-state index in [0.717, 1.165) is 25.9 Å². The maximum Gasteiger partial charge on any atom is 0.222 e. The van der Waals surface area contributed by atoms with E-state index in [9.17, 15) is 4.79 Å². The lowest BCUT2D eigenvalue weighted by molar-refractivity contribution is -0.123.